The van der Waals surface area contributed by atoms with E-state index in [-0.39, 0.29) is 29.6 Å². The number of benzene rings is 3. The van der Waals surface area contributed by atoms with Gasteiger partial charge in [0.05, 0.1) is 22.0 Å². The minimum atomic E-state index is -4.07. The topological polar surface area (TPSA) is 86.8 Å². The van der Waals surface area contributed by atoms with E-state index in [1.165, 1.54) is 23.1 Å². The third-order valence-corrected chi connectivity index (χ3v) is 8.10. The van der Waals surface area contributed by atoms with E-state index in [1.807, 2.05) is 37.3 Å². The molecule has 0 unspecified atom stereocenters. The lowest BCUT2D eigenvalue weighted by Crippen LogP contribution is -2.53. The fourth-order valence-electron chi connectivity index (χ4n) is 4.14. The summed E-state index contributed by atoms with van der Waals surface area (Å²) in [6.07, 6.45) is 2.68. The molecule has 214 valence electrons. The van der Waals surface area contributed by atoms with Gasteiger partial charge in [-0.2, -0.15) is 0 Å². The summed E-state index contributed by atoms with van der Waals surface area (Å²) in [5, 5.41) is 3.49. The standard InChI is InChI=1S/C29H32Cl2FN3O4S/c1-3-4-16-33-29(37)27(18-21-10-6-5-7-11-21)34(19-22-14-15-23(30)24(31)17-22)28(36)20-35(40(2,38)39)26-13-9-8-12-25(26)32/h5-15,17,27H,3-4,16,18-20H2,1-2H3,(H,33,37)/t27-/m0/s1. The molecule has 0 radical (unpaired) electrons. The average Bonchev–Trinajstić information content (AvgIpc) is 2.91. The van der Waals surface area contributed by atoms with Crippen LogP contribution in [0.1, 0.15) is 30.9 Å². The van der Waals surface area contributed by atoms with Gasteiger partial charge in [-0.25, -0.2) is 12.8 Å². The van der Waals surface area contributed by atoms with E-state index in [1.54, 1.807) is 18.2 Å². The zero-order valence-electron chi connectivity index (χ0n) is 22.3. The molecule has 11 heteroatoms. The number of hydrogen-bond donors (Lipinski definition) is 1. The number of halogens is 3. The SMILES string of the molecule is CCCCNC(=O)[C@H](Cc1ccccc1)N(Cc1ccc(Cl)c(Cl)c1)C(=O)CN(c1ccccc1F)S(C)(=O)=O. The van der Waals surface area contributed by atoms with Gasteiger partial charge >= 0.3 is 0 Å². The fraction of sp³-hybridized carbons (Fsp3) is 0.310. The number of sulfonamides is 1. The van der Waals surface area contributed by atoms with Gasteiger partial charge in [0.25, 0.3) is 0 Å². The molecular weight excluding hydrogens is 576 g/mol. The first-order valence-corrected chi connectivity index (χ1v) is 15.4. The summed E-state index contributed by atoms with van der Waals surface area (Å²) < 4.78 is 40.8. The summed E-state index contributed by atoms with van der Waals surface area (Å²) in [6, 6.07) is 18.3. The van der Waals surface area contributed by atoms with E-state index in [4.69, 9.17) is 23.2 Å². The second kappa shape index (κ2) is 14.5. The lowest BCUT2D eigenvalue weighted by molar-refractivity contribution is -0.140. The first-order chi connectivity index (χ1) is 19.0. The molecule has 0 spiro atoms. The van der Waals surface area contributed by atoms with Crippen LogP contribution in [0.15, 0.2) is 72.8 Å². The van der Waals surface area contributed by atoms with Crippen LogP contribution in [0.25, 0.3) is 0 Å². The number of nitrogens with one attached hydrogen (secondary N) is 1. The Morgan fingerprint density at radius 2 is 1.62 bits per heavy atom. The molecule has 7 nitrogen and oxygen atoms in total. The van der Waals surface area contributed by atoms with Gasteiger partial charge in [-0.3, -0.25) is 13.9 Å². The van der Waals surface area contributed by atoms with Gasteiger partial charge in [0.15, 0.2) is 0 Å². The predicted molar refractivity (Wildman–Crippen MR) is 157 cm³/mol. The third kappa shape index (κ3) is 8.68. The normalized spacial score (nSPS) is 12.0. The van der Waals surface area contributed by atoms with Crippen LogP contribution in [0.3, 0.4) is 0 Å². The molecular formula is C29H32Cl2FN3O4S. The Kier molecular flexibility index (Phi) is 11.4. The van der Waals surface area contributed by atoms with Crippen LogP contribution < -0.4 is 9.62 Å². The van der Waals surface area contributed by atoms with Crippen molar-refractivity contribution in [3.05, 3.63) is 99.8 Å². The van der Waals surface area contributed by atoms with Crippen molar-refractivity contribution >= 4 is 50.7 Å². The van der Waals surface area contributed by atoms with E-state index < -0.39 is 34.3 Å². The monoisotopic (exact) mass is 607 g/mol. The molecule has 2 amide bonds. The average molecular weight is 609 g/mol. The molecule has 40 heavy (non-hydrogen) atoms. The summed E-state index contributed by atoms with van der Waals surface area (Å²) in [4.78, 5) is 28.8. The Balaban J connectivity index is 2.06. The molecule has 0 saturated heterocycles. The maximum atomic E-state index is 14.7. The molecule has 0 aliphatic rings. The van der Waals surface area contributed by atoms with Crippen molar-refractivity contribution in [2.45, 2.75) is 38.8 Å². The number of carbonyl (C=O) groups is 2. The van der Waals surface area contributed by atoms with E-state index >= 15 is 0 Å². The van der Waals surface area contributed by atoms with Crippen molar-refractivity contribution in [3.8, 4) is 0 Å². The van der Waals surface area contributed by atoms with Crippen LogP contribution in [0.5, 0.6) is 0 Å². The first kappa shape index (κ1) is 31.4. The first-order valence-electron chi connectivity index (χ1n) is 12.8. The van der Waals surface area contributed by atoms with Crippen LogP contribution in [0, 0.1) is 5.82 Å². The molecule has 3 aromatic rings. The Morgan fingerprint density at radius 3 is 2.25 bits per heavy atom. The van der Waals surface area contributed by atoms with Crippen LogP contribution in [-0.4, -0.2) is 50.5 Å². The van der Waals surface area contributed by atoms with Crippen molar-refractivity contribution in [2.75, 3.05) is 23.7 Å². The lowest BCUT2D eigenvalue weighted by atomic mass is 10.0. The highest BCUT2D eigenvalue weighted by molar-refractivity contribution is 7.92. The van der Waals surface area contributed by atoms with Crippen LogP contribution in [-0.2, 0) is 32.6 Å². The maximum Gasteiger partial charge on any atom is 0.244 e. The number of hydrogen-bond acceptors (Lipinski definition) is 4. The van der Waals surface area contributed by atoms with Crippen LogP contribution in [0.4, 0.5) is 10.1 Å². The van der Waals surface area contributed by atoms with Gasteiger partial charge in [0.2, 0.25) is 21.8 Å². The Hall–Kier alpha value is -3.14. The van der Waals surface area contributed by atoms with Crippen molar-refractivity contribution in [1.29, 1.82) is 0 Å². The molecule has 0 aliphatic carbocycles. The maximum absolute atomic E-state index is 14.7. The molecule has 0 heterocycles. The highest BCUT2D eigenvalue weighted by Crippen LogP contribution is 2.26. The van der Waals surface area contributed by atoms with Crippen molar-refractivity contribution < 1.29 is 22.4 Å². The molecule has 0 bridgehead atoms. The lowest BCUT2D eigenvalue weighted by Gasteiger charge is -2.33. The smallest absolute Gasteiger partial charge is 0.244 e. The molecule has 3 rings (SSSR count). The minimum absolute atomic E-state index is 0.0662. The molecule has 0 aromatic heterocycles. The second-order valence-electron chi connectivity index (χ2n) is 9.34. The summed E-state index contributed by atoms with van der Waals surface area (Å²) in [6.45, 7) is 1.63. The number of para-hydroxylation sites is 1. The van der Waals surface area contributed by atoms with Crippen molar-refractivity contribution in [1.82, 2.24) is 10.2 Å². The number of unbranched alkanes of at least 4 members (excludes halogenated alkanes) is 1. The molecule has 0 saturated carbocycles. The van der Waals surface area contributed by atoms with Crippen molar-refractivity contribution in [3.63, 3.8) is 0 Å². The van der Waals surface area contributed by atoms with Crippen LogP contribution in [0.2, 0.25) is 10.0 Å². The third-order valence-electron chi connectivity index (χ3n) is 6.24. The quantitative estimate of drug-likeness (QED) is 0.262. The molecule has 0 aliphatic heterocycles. The Morgan fingerprint density at radius 1 is 0.950 bits per heavy atom. The van der Waals surface area contributed by atoms with Gasteiger partial charge in [-0.1, -0.05) is 85.1 Å². The number of carbonyl (C=O) groups excluding carboxylic acids is 2. The molecule has 1 atom stereocenters. The number of nitrogens with zero attached hydrogens (tertiary/aromatic N) is 2. The van der Waals surface area contributed by atoms with E-state index in [2.05, 4.69) is 5.32 Å². The second-order valence-corrected chi connectivity index (χ2v) is 12.1. The van der Waals surface area contributed by atoms with Gasteiger partial charge in [-0.15, -0.1) is 0 Å². The summed E-state index contributed by atoms with van der Waals surface area (Å²) in [5.41, 5.74) is 1.12. The molecule has 3 aromatic carbocycles. The molecule has 1 N–H and O–H groups in total. The number of amides is 2. The molecule has 0 fully saturated rings. The van der Waals surface area contributed by atoms with E-state index in [9.17, 15) is 22.4 Å². The zero-order valence-corrected chi connectivity index (χ0v) is 24.6. The van der Waals surface area contributed by atoms with E-state index in [0.717, 1.165) is 30.7 Å². The highest BCUT2D eigenvalue weighted by atomic mass is 35.5. The van der Waals surface area contributed by atoms with Gasteiger partial charge < -0.3 is 10.2 Å². The Labute approximate surface area is 244 Å². The van der Waals surface area contributed by atoms with Gasteiger partial charge in [-0.05, 0) is 41.8 Å². The van der Waals surface area contributed by atoms with Crippen molar-refractivity contribution in [2.24, 2.45) is 0 Å². The van der Waals surface area contributed by atoms with Gasteiger partial charge in [0.1, 0.15) is 18.4 Å². The van der Waals surface area contributed by atoms with Gasteiger partial charge in [0, 0.05) is 19.5 Å². The largest absolute Gasteiger partial charge is 0.354 e. The summed E-state index contributed by atoms with van der Waals surface area (Å²) in [5.74, 6) is -1.87. The predicted octanol–water partition coefficient (Wildman–Crippen LogP) is 5.45. The zero-order chi connectivity index (χ0) is 29.3. The minimum Gasteiger partial charge on any atom is -0.354 e. The highest BCUT2D eigenvalue weighted by Gasteiger charge is 2.33. The summed E-state index contributed by atoms with van der Waals surface area (Å²) >= 11 is 12.3. The van der Waals surface area contributed by atoms with Crippen LogP contribution >= 0.6 is 23.2 Å². The summed E-state index contributed by atoms with van der Waals surface area (Å²) in [7, 11) is -4.07. The Bertz CT molecular complexity index is 1420. The number of rotatable bonds is 13. The fourth-order valence-corrected chi connectivity index (χ4v) is 5.31. The number of anilines is 1. The van der Waals surface area contributed by atoms with E-state index in [0.29, 0.717) is 21.4 Å².